The van der Waals surface area contributed by atoms with Gasteiger partial charge in [-0.2, -0.15) is 0 Å². The fourth-order valence-electron chi connectivity index (χ4n) is 7.18. The highest BCUT2D eigenvalue weighted by molar-refractivity contribution is 7.26. The molecule has 8 aromatic rings. The SMILES string of the molecule is CC1(C)c2ccccc2-c2nc(-c3ccc(-c4cccc5c4sc4ccccc45)cc3)nc(-c3ccc(-c4ccccc4)cc3)c21. The van der Waals surface area contributed by atoms with Crippen molar-refractivity contribution in [3.8, 4) is 56.2 Å². The van der Waals surface area contributed by atoms with Crippen molar-refractivity contribution in [2.24, 2.45) is 0 Å². The van der Waals surface area contributed by atoms with Crippen molar-refractivity contribution in [1.82, 2.24) is 9.97 Å². The van der Waals surface area contributed by atoms with Crippen molar-refractivity contribution in [2.75, 3.05) is 0 Å². The van der Waals surface area contributed by atoms with Gasteiger partial charge in [0, 0.05) is 47.8 Å². The summed E-state index contributed by atoms with van der Waals surface area (Å²) in [5.41, 5.74) is 12.5. The third-order valence-electron chi connectivity index (χ3n) is 9.51. The van der Waals surface area contributed by atoms with E-state index in [1.54, 1.807) is 0 Å². The molecule has 0 fully saturated rings. The molecule has 0 atom stereocenters. The predicted molar refractivity (Wildman–Crippen MR) is 194 cm³/mol. The zero-order valence-electron chi connectivity index (χ0n) is 25.7. The Balaban J connectivity index is 1.18. The molecule has 1 aliphatic rings. The minimum Gasteiger partial charge on any atom is -0.228 e. The van der Waals surface area contributed by atoms with Gasteiger partial charge < -0.3 is 0 Å². The standard InChI is InChI=1S/C43H30N2S/c1-43(2)36-17-8-6-14-35(36)40-38(43)39(30-23-19-28(20-24-30)27-11-4-3-5-12-27)44-42(45-40)31-25-21-29(22-26-31)32-15-10-16-34-33-13-7-9-18-37(33)46-41(32)34/h3-26H,1-2H3. The summed E-state index contributed by atoms with van der Waals surface area (Å²) < 4.78 is 2.64. The van der Waals surface area contributed by atoms with Crippen molar-refractivity contribution in [1.29, 1.82) is 0 Å². The summed E-state index contributed by atoms with van der Waals surface area (Å²) in [5, 5.41) is 2.63. The molecule has 0 spiro atoms. The van der Waals surface area contributed by atoms with Gasteiger partial charge in [-0.1, -0.05) is 153 Å². The maximum absolute atomic E-state index is 5.34. The molecule has 0 amide bonds. The third-order valence-corrected chi connectivity index (χ3v) is 10.7. The van der Waals surface area contributed by atoms with Crippen LogP contribution in [0.1, 0.15) is 25.0 Å². The van der Waals surface area contributed by atoms with E-state index >= 15 is 0 Å². The minimum atomic E-state index is -0.218. The first-order valence-electron chi connectivity index (χ1n) is 15.8. The van der Waals surface area contributed by atoms with Crippen LogP contribution in [-0.4, -0.2) is 9.97 Å². The van der Waals surface area contributed by atoms with E-state index in [-0.39, 0.29) is 5.41 Å². The molecule has 0 bridgehead atoms. The average molecular weight is 607 g/mol. The molecule has 1 aliphatic carbocycles. The first-order valence-corrected chi connectivity index (χ1v) is 16.6. The zero-order chi connectivity index (χ0) is 30.8. The topological polar surface area (TPSA) is 25.8 Å². The van der Waals surface area contributed by atoms with Crippen LogP contribution in [0.3, 0.4) is 0 Å². The third kappa shape index (κ3) is 4.16. The molecule has 0 saturated carbocycles. The number of hydrogen-bond donors (Lipinski definition) is 0. The Labute approximate surface area is 272 Å². The molecule has 6 aromatic carbocycles. The summed E-state index contributed by atoms with van der Waals surface area (Å²) in [6, 6.07) is 52.2. The summed E-state index contributed by atoms with van der Waals surface area (Å²) in [7, 11) is 0. The first kappa shape index (κ1) is 27.0. The lowest BCUT2D eigenvalue weighted by Gasteiger charge is -2.24. The number of rotatable bonds is 4. The molecule has 0 radical (unpaired) electrons. The molecule has 46 heavy (non-hydrogen) atoms. The molecule has 0 N–H and O–H groups in total. The van der Waals surface area contributed by atoms with Crippen LogP contribution in [0.4, 0.5) is 0 Å². The maximum Gasteiger partial charge on any atom is 0.160 e. The molecule has 0 saturated heterocycles. The molecule has 0 unspecified atom stereocenters. The highest BCUT2D eigenvalue weighted by Crippen LogP contribution is 2.51. The molecular formula is C43H30N2S. The van der Waals surface area contributed by atoms with Gasteiger partial charge in [-0.25, -0.2) is 9.97 Å². The number of aromatic nitrogens is 2. The van der Waals surface area contributed by atoms with Crippen molar-refractivity contribution >= 4 is 31.5 Å². The fraction of sp³-hybridized carbons (Fsp3) is 0.0698. The van der Waals surface area contributed by atoms with Gasteiger partial charge in [-0.05, 0) is 33.9 Å². The number of hydrogen-bond acceptors (Lipinski definition) is 3. The Morgan fingerprint density at radius 3 is 1.87 bits per heavy atom. The molecular weight excluding hydrogens is 577 g/mol. The Bertz CT molecular complexity index is 2420. The Morgan fingerprint density at radius 1 is 0.457 bits per heavy atom. The van der Waals surface area contributed by atoms with Gasteiger partial charge in [0.1, 0.15) is 0 Å². The second-order valence-electron chi connectivity index (χ2n) is 12.6. The number of nitrogens with zero attached hydrogens (tertiary/aromatic N) is 2. The molecule has 2 aromatic heterocycles. The minimum absolute atomic E-state index is 0.218. The van der Waals surface area contributed by atoms with Crippen molar-refractivity contribution in [3.05, 3.63) is 157 Å². The van der Waals surface area contributed by atoms with Crippen LogP contribution in [0.2, 0.25) is 0 Å². The lowest BCUT2D eigenvalue weighted by molar-refractivity contribution is 0.658. The van der Waals surface area contributed by atoms with Crippen LogP contribution < -0.4 is 0 Å². The second kappa shape index (κ2) is 10.3. The molecule has 0 aliphatic heterocycles. The quantitative estimate of drug-likeness (QED) is 0.199. The lowest BCUT2D eigenvalue weighted by Crippen LogP contribution is -2.17. The van der Waals surface area contributed by atoms with Gasteiger partial charge in [0.15, 0.2) is 5.82 Å². The largest absolute Gasteiger partial charge is 0.228 e. The van der Waals surface area contributed by atoms with Crippen LogP contribution in [0, 0.1) is 0 Å². The van der Waals surface area contributed by atoms with E-state index in [4.69, 9.17) is 9.97 Å². The summed E-state index contributed by atoms with van der Waals surface area (Å²) in [6.07, 6.45) is 0. The molecule has 2 heterocycles. The van der Waals surface area contributed by atoms with Crippen molar-refractivity contribution in [2.45, 2.75) is 19.3 Å². The van der Waals surface area contributed by atoms with Crippen molar-refractivity contribution in [3.63, 3.8) is 0 Å². The van der Waals surface area contributed by atoms with Gasteiger partial charge in [-0.3, -0.25) is 0 Å². The van der Waals surface area contributed by atoms with Gasteiger partial charge in [0.05, 0.1) is 11.4 Å². The Kier molecular flexibility index (Phi) is 6.06. The predicted octanol–water partition coefficient (Wildman–Crippen LogP) is 11.8. The number of benzene rings is 6. The van der Waals surface area contributed by atoms with Crippen LogP contribution in [0.5, 0.6) is 0 Å². The van der Waals surface area contributed by atoms with Gasteiger partial charge in [0.25, 0.3) is 0 Å². The summed E-state index contributed by atoms with van der Waals surface area (Å²) >= 11 is 1.86. The van der Waals surface area contributed by atoms with Gasteiger partial charge >= 0.3 is 0 Å². The van der Waals surface area contributed by atoms with Crippen LogP contribution >= 0.6 is 11.3 Å². The normalized spacial score (nSPS) is 13.2. The summed E-state index contributed by atoms with van der Waals surface area (Å²) in [6.45, 7) is 4.60. The Hall–Kier alpha value is -5.38. The van der Waals surface area contributed by atoms with E-state index in [9.17, 15) is 0 Å². The summed E-state index contributed by atoms with van der Waals surface area (Å²) in [5.74, 6) is 0.750. The fourth-order valence-corrected chi connectivity index (χ4v) is 8.42. The lowest BCUT2D eigenvalue weighted by atomic mass is 9.80. The Morgan fingerprint density at radius 2 is 1.04 bits per heavy atom. The van der Waals surface area contributed by atoms with E-state index in [1.165, 1.54) is 59.1 Å². The van der Waals surface area contributed by atoms with E-state index in [2.05, 4.69) is 159 Å². The van der Waals surface area contributed by atoms with Crippen LogP contribution in [-0.2, 0) is 5.41 Å². The zero-order valence-corrected chi connectivity index (χ0v) is 26.5. The highest BCUT2D eigenvalue weighted by atomic mass is 32.1. The average Bonchev–Trinajstić information content (AvgIpc) is 3.61. The summed E-state index contributed by atoms with van der Waals surface area (Å²) in [4.78, 5) is 10.6. The number of thiophene rings is 1. The highest BCUT2D eigenvalue weighted by Gasteiger charge is 2.39. The smallest absolute Gasteiger partial charge is 0.160 e. The van der Waals surface area contributed by atoms with Crippen LogP contribution in [0.25, 0.3) is 76.3 Å². The second-order valence-corrected chi connectivity index (χ2v) is 13.6. The van der Waals surface area contributed by atoms with E-state index in [1.807, 2.05) is 11.3 Å². The van der Waals surface area contributed by atoms with Gasteiger partial charge in [0.2, 0.25) is 0 Å². The maximum atomic E-state index is 5.34. The first-order chi connectivity index (χ1) is 22.6. The monoisotopic (exact) mass is 606 g/mol. The van der Waals surface area contributed by atoms with Crippen molar-refractivity contribution < 1.29 is 0 Å². The molecule has 3 heteroatoms. The molecule has 218 valence electrons. The van der Waals surface area contributed by atoms with Crippen LogP contribution in [0.15, 0.2) is 146 Å². The van der Waals surface area contributed by atoms with Gasteiger partial charge in [-0.15, -0.1) is 11.3 Å². The van der Waals surface area contributed by atoms with E-state index in [0.717, 1.165) is 28.3 Å². The number of fused-ring (bicyclic) bond motifs is 6. The molecule has 9 rings (SSSR count). The van der Waals surface area contributed by atoms with E-state index < -0.39 is 0 Å². The van der Waals surface area contributed by atoms with E-state index in [0.29, 0.717) is 0 Å². The molecule has 2 nitrogen and oxygen atoms in total.